The molecule has 0 bridgehead atoms. The Morgan fingerprint density at radius 1 is 1.35 bits per heavy atom. The van der Waals surface area contributed by atoms with Gasteiger partial charge in [0.1, 0.15) is 17.2 Å². The fourth-order valence-corrected chi connectivity index (χ4v) is 1.50. The molecule has 3 nitrogen and oxygen atoms in total. The number of halogens is 2. The van der Waals surface area contributed by atoms with Crippen LogP contribution < -0.4 is 0 Å². The molecule has 2 atom stereocenters. The lowest BCUT2D eigenvalue weighted by atomic mass is 9.84. The molecule has 94 valence electrons. The molecule has 0 amide bonds. The summed E-state index contributed by atoms with van der Waals surface area (Å²) in [6.45, 7) is 2.73. The van der Waals surface area contributed by atoms with Crippen molar-refractivity contribution in [3.8, 4) is 0 Å². The Bertz CT molecular complexity index is 410. The predicted octanol–water partition coefficient (Wildman–Crippen LogP) is 1.98. The Balaban J connectivity index is 3.15. The van der Waals surface area contributed by atoms with Crippen LogP contribution in [-0.4, -0.2) is 18.2 Å². The van der Waals surface area contributed by atoms with Gasteiger partial charge in [-0.15, -0.1) is 0 Å². The Kier molecular flexibility index (Phi) is 3.83. The van der Waals surface area contributed by atoms with E-state index < -0.39 is 29.1 Å². The van der Waals surface area contributed by atoms with E-state index in [2.05, 4.69) is 4.74 Å². The maximum atomic E-state index is 13.0. The van der Waals surface area contributed by atoms with Crippen LogP contribution in [-0.2, 0) is 15.1 Å². The highest BCUT2D eigenvalue weighted by atomic mass is 19.1. The van der Waals surface area contributed by atoms with Gasteiger partial charge in [0, 0.05) is 6.07 Å². The van der Waals surface area contributed by atoms with Gasteiger partial charge in [-0.1, -0.05) is 0 Å². The summed E-state index contributed by atoms with van der Waals surface area (Å²) in [4.78, 5) is 11.3. The van der Waals surface area contributed by atoms with Crippen molar-refractivity contribution in [1.29, 1.82) is 0 Å². The molecule has 5 heteroatoms. The second-order valence-electron chi connectivity index (χ2n) is 4.05. The van der Waals surface area contributed by atoms with Crippen molar-refractivity contribution in [3.05, 3.63) is 35.4 Å². The summed E-state index contributed by atoms with van der Waals surface area (Å²) < 4.78 is 30.6. The minimum atomic E-state index is -1.70. The highest BCUT2D eigenvalue weighted by Gasteiger charge is 2.36. The Hall–Kier alpha value is -1.49. The Labute approximate surface area is 98.0 Å². The summed E-state index contributed by atoms with van der Waals surface area (Å²) in [5.41, 5.74) is -1.70. The first-order valence-corrected chi connectivity index (χ1v) is 5.05. The molecule has 0 fully saturated rings. The summed E-state index contributed by atoms with van der Waals surface area (Å²) in [5.74, 6) is -3.21. The molecule has 1 rings (SSSR count). The molecule has 1 aromatic carbocycles. The van der Waals surface area contributed by atoms with Crippen LogP contribution in [0, 0.1) is 17.6 Å². The van der Waals surface area contributed by atoms with Crippen molar-refractivity contribution in [1.82, 2.24) is 0 Å². The maximum absolute atomic E-state index is 13.0. The van der Waals surface area contributed by atoms with Crippen LogP contribution >= 0.6 is 0 Å². The van der Waals surface area contributed by atoms with Gasteiger partial charge in [-0.3, -0.25) is 4.79 Å². The molecule has 0 radical (unpaired) electrons. The summed E-state index contributed by atoms with van der Waals surface area (Å²) >= 11 is 0. The molecule has 1 aromatic rings. The van der Waals surface area contributed by atoms with Crippen molar-refractivity contribution in [2.45, 2.75) is 19.4 Å². The van der Waals surface area contributed by atoms with E-state index in [1.807, 2.05) is 0 Å². The molecule has 0 aliphatic carbocycles. The molecule has 0 saturated carbocycles. The number of rotatable bonds is 3. The summed E-state index contributed by atoms with van der Waals surface area (Å²) in [5, 5.41) is 10.2. The molecule has 1 N–H and O–H groups in total. The largest absolute Gasteiger partial charge is 0.469 e. The zero-order valence-electron chi connectivity index (χ0n) is 9.83. The lowest BCUT2D eigenvalue weighted by molar-refractivity contribution is -0.154. The van der Waals surface area contributed by atoms with E-state index in [0.29, 0.717) is 6.07 Å². The Morgan fingerprint density at radius 3 is 2.24 bits per heavy atom. The van der Waals surface area contributed by atoms with Gasteiger partial charge in [-0.05, 0) is 31.5 Å². The summed E-state index contributed by atoms with van der Waals surface area (Å²) in [6.07, 6.45) is 0. The van der Waals surface area contributed by atoms with E-state index in [4.69, 9.17) is 0 Å². The van der Waals surface area contributed by atoms with Gasteiger partial charge < -0.3 is 9.84 Å². The monoisotopic (exact) mass is 244 g/mol. The van der Waals surface area contributed by atoms with Crippen LogP contribution in [0.4, 0.5) is 8.78 Å². The number of carbonyl (C=O) groups excluding carboxylic acids is 1. The molecule has 0 aromatic heterocycles. The average molecular weight is 244 g/mol. The van der Waals surface area contributed by atoms with E-state index in [0.717, 1.165) is 12.1 Å². The van der Waals surface area contributed by atoms with Crippen LogP contribution in [0.1, 0.15) is 19.4 Å². The number of ether oxygens (including phenoxy) is 1. The van der Waals surface area contributed by atoms with Crippen LogP contribution in [0.3, 0.4) is 0 Å². The van der Waals surface area contributed by atoms with Gasteiger partial charge in [0.15, 0.2) is 0 Å². The highest BCUT2D eigenvalue weighted by molar-refractivity contribution is 5.73. The first-order chi connectivity index (χ1) is 7.78. The van der Waals surface area contributed by atoms with Gasteiger partial charge >= 0.3 is 5.97 Å². The average Bonchev–Trinajstić information content (AvgIpc) is 2.25. The zero-order valence-corrected chi connectivity index (χ0v) is 9.83. The number of esters is 1. The Morgan fingerprint density at radius 2 is 1.82 bits per heavy atom. The first kappa shape index (κ1) is 13.6. The maximum Gasteiger partial charge on any atom is 0.311 e. The molecular formula is C12H14F2O3. The summed E-state index contributed by atoms with van der Waals surface area (Å²) in [7, 11) is 1.18. The molecule has 0 aliphatic heterocycles. The molecule has 2 unspecified atom stereocenters. The van der Waals surface area contributed by atoms with E-state index >= 15 is 0 Å². The number of aliphatic hydroxyl groups is 1. The lowest BCUT2D eigenvalue weighted by Crippen LogP contribution is -2.36. The second-order valence-corrected chi connectivity index (χ2v) is 4.05. The van der Waals surface area contributed by atoms with E-state index in [9.17, 15) is 18.7 Å². The van der Waals surface area contributed by atoms with Crippen molar-refractivity contribution in [3.63, 3.8) is 0 Å². The predicted molar refractivity (Wildman–Crippen MR) is 57.1 cm³/mol. The van der Waals surface area contributed by atoms with Gasteiger partial charge in [-0.2, -0.15) is 0 Å². The van der Waals surface area contributed by atoms with E-state index in [1.165, 1.54) is 21.0 Å². The number of carbonyl (C=O) groups is 1. The standard InChI is InChI=1S/C12H14F2O3/c1-7(11(15)17-3)12(2,16)8-4-9(13)6-10(14)5-8/h4-7,16H,1-3H3. The molecule has 0 aliphatic rings. The van der Waals surface area contributed by atoms with Crippen molar-refractivity contribution >= 4 is 5.97 Å². The third-order valence-electron chi connectivity index (χ3n) is 2.84. The van der Waals surface area contributed by atoms with E-state index in [-0.39, 0.29) is 5.56 Å². The molecule has 0 heterocycles. The number of hydrogen-bond acceptors (Lipinski definition) is 3. The fraction of sp³-hybridized carbons (Fsp3) is 0.417. The highest BCUT2D eigenvalue weighted by Crippen LogP contribution is 2.30. The number of methoxy groups -OCH3 is 1. The van der Waals surface area contributed by atoms with Crippen LogP contribution in [0.15, 0.2) is 18.2 Å². The first-order valence-electron chi connectivity index (χ1n) is 5.05. The third-order valence-corrected chi connectivity index (χ3v) is 2.84. The van der Waals surface area contributed by atoms with E-state index in [1.54, 1.807) is 0 Å². The topological polar surface area (TPSA) is 46.5 Å². The van der Waals surface area contributed by atoms with Crippen molar-refractivity contribution in [2.24, 2.45) is 5.92 Å². The molecular weight excluding hydrogens is 230 g/mol. The van der Waals surface area contributed by atoms with Gasteiger partial charge in [0.25, 0.3) is 0 Å². The second kappa shape index (κ2) is 4.79. The molecule has 17 heavy (non-hydrogen) atoms. The molecule has 0 spiro atoms. The minimum absolute atomic E-state index is 0.00657. The zero-order chi connectivity index (χ0) is 13.2. The van der Waals surface area contributed by atoms with Gasteiger partial charge in [0.2, 0.25) is 0 Å². The SMILES string of the molecule is COC(=O)C(C)C(C)(O)c1cc(F)cc(F)c1. The van der Waals surface area contributed by atoms with Crippen molar-refractivity contribution < 1.29 is 23.4 Å². The van der Waals surface area contributed by atoms with Crippen molar-refractivity contribution in [2.75, 3.05) is 7.11 Å². The number of hydrogen-bond donors (Lipinski definition) is 1. The van der Waals surface area contributed by atoms with Gasteiger partial charge in [-0.25, -0.2) is 8.78 Å². The van der Waals surface area contributed by atoms with Gasteiger partial charge in [0.05, 0.1) is 13.0 Å². The smallest absolute Gasteiger partial charge is 0.311 e. The number of benzene rings is 1. The third kappa shape index (κ3) is 2.79. The summed E-state index contributed by atoms with van der Waals surface area (Å²) in [6, 6.07) is 2.67. The lowest BCUT2D eigenvalue weighted by Gasteiger charge is -2.28. The minimum Gasteiger partial charge on any atom is -0.469 e. The fourth-order valence-electron chi connectivity index (χ4n) is 1.50. The molecule has 0 saturated heterocycles. The quantitative estimate of drug-likeness (QED) is 0.827. The van der Waals surface area contributed by atoms with Crippen LogP contribution in [0.25, 0.3) is 0 Å². The normalized spacial score (nSPS) is 16.1. The van der Waals surface area contributed by atoms with Crippen LogP contribution in [0.2, 0.25) is 0 Å². The van der Waals surface area contributed by atoms with Crippen LogP contribution in [0.5, 0.6) is 0 Å².